The molecular formula is C23H27FN2O4. The zero-order chi connectivity index (χ0) is 21.0. The molecule has 30 heavy (non-hydrogen) atoms. The van der Waals surface area contributed by atoms with Gasteiger partial charge in [-0.25, -0.2) is 4.39 Å². The molecule has 2 amide bonds. The lowest BCUT2D eigenvalue weighted by Gasteiger charge is -2.42. The number of nitrogens with one attached hydrogen (secondary N) is 1. The molecule has 0 radical (unpaired) electrons. The predicted molar refractivity (Wildman–Crippen MR) is 108 cm³/mol. The van der Waals surface area contributed by atoms with Gasteiger partial charge in [0.15, 0.2) is 0 Å². The number of likely N-dealkylation sites (tertiary alicyclic amines) is 1. The number of furan rings is 1. The van der Waals surface area contributed by atoms with Crippen LogP contribution in [0.5, 0.6) is 0 Å². The molecule has 2 fully saturated rings. The van der Waals surface area contributed by atoms with E-state index >= 15 is 0 Å². The lowest BCUT2D eigenvalue weighted by Crippen LogP contribution is -2.53. The number of hydrogen-bond donors (Lipinski definition) is 1. The van der Waals surface area contributed by atoms with Crippen molar-refractivity contribution < 1.29 is 23.1 Å². The van der Waals surface area contributed by atoms with Crippen LogP contribution in [0.2, 0.25) is 0 Å². The third-order valence-corrected chi connectivity index (χ3v) is 6.30. The van der Waals surface area contributed by atoms with Gasteiger partial charge in [-0.05, 0) is 55.5 Å². The van der Waals surface area contributed by atoms with Crippen LogP contribution in [0.1, 0.15) is 37.0 Å². The van der Waals surface area contributed by atoms with Crippen molar-refractivity contribution in [2.45, 2.75) is 37.6 Å². The quantitative estimate of drug-likeness (QED) is 0.817. The number of carbonyl (C=O) groups excluding carboxylic acids is 2. The van der Waals surface area contributed by atoms with Gasteiger partial charge in [0.1, 0.15) is 11.6 Å². The van der Waals surface area contributed by atoms with Crippen LogP contribution < -0.4 is 5.32 Å². The third-order valence-electron chi connectivity index (χ3n) is 6.30. The lowest BCUT2D eigenvalue weighted by molar-refractivity contribution is -0.144. The van der Waals surface area contributed by atoms with Crippen LogP contribution in [-0.4, -0.2) is 43.0 Å². The van der Waals surface area contributed by atoms with Crippen molar-refractivity contribution in [1.82, 2.24) is 10.2 Å². The fourth-order valence-electron chi connectivity index (χ4n) is 4.51. The maximum atomic E-state index is 13.9. The summed E-state index contributed by atoms with van der Waals surface area (Å²) < 4.78 is 24.6. The highest BCUT2D eigenvalue weighted by atomic mass is 19.1. The first kappa shape index (κ1) is 20.6. The fraction of sp³-hybridized carbons (Fsp3) is 0.478. The third kappa shape index (κ3) is 4.26. The van der Waals surface area contributed by atoms with Gasteiger partial charge in [0.05, 0.1) is 18.2 Å². The van der Waals surface area contributed by atoms with Crippen LogP contribution >= 0.6 is 0 Å². The Bertz CT molecular complexity index is 869. The molecule has 0 atom stereocenters. The van der Waals surface area contributed by atoms with Gasteiger partial charge >= 0.3 is 0 Å². The number of carbonyl (C=O) groups is 2. The van der Waals surface area contributed by atoms with E-state index in [0.717, 1.165) is 0 Å². The van der Waals surface area contributed by atoms with Gasteiger partial charge in [-0.2, -0.15) is 0 Å². The van der Waals surface area contributed by atoms with Crippen molar-refractivity contribution in [3.63, 3.8) is 0 Å². The Morgan fingerprint density at radius 3 is 2.57 bits per heavy atom. The maximum absolute atomic E-state index is 13.9. The molecule has 0 unspecified atom stereocenters. The molecule has 3 heterocycles. The highest BCUT2D eigenvalue weighted by Crippen LogP contribution is 2.38. The van der Waals surface area contributed by atoms with Crippen molar-refractivity contribution in [3.05, 3.63) is 59.8 Å². The van der Waals surface area contributed by atoms with Crippen molar-refractivity contribution >= 4 is 11.8 Å². The molecule has 7 heteroatoms. The number of rotatable bonds is 5. The van der Waals surface area contributed by atoms with E-state index in [4.69, 9.17) is 9.15 Å². The molecule has 0 saturated carbocycles. The highest BCUT2D eigenvalue weighted by molar-refractivity contribution is 5.89. The molecule has 6 nitrogen and oxygen atoms in total. The first-order valence-electron chi connectivity index (χ1n) is 10.5. The van der Waals surface area contributed by atoms with Crippen LogP contribution in [-0.2, 0) is 26.3 Å². The smallest absolute Gasteiger partial charge is 0.233 e. The minimum Gasteiger partial charge on any atom is -0.467 e. The Balaban J connectivity index is 1.40. The summed E-state index contributed by atoms with van der Waals surface area (Å²) in [5, 5.41) is 2.91. The average molecular weight is 414 g/mol. The number of benzene rings is 1. The largest absolute Gasteiger partial charge is 0.467 e. The van der Waals surface area contributed by atoms with Gasteiger partial charge < -0.3 is 19.4 Å². The van der Waals surface area contributed by atoms with Crippen molar-refractivity contribution in [2.75, 3.05) is 26.3 Å². The zero-order valence-corrected chi connectivity index (χ0v) is 16.9. The molecule has 1 aromatic carbocycles. The Labute approximate surface area is 175 Å². The second-order valence-electron chi connectivity index (χ2n) is 8.07. The van der Waals surface area contributed by atoms with Crippen LogP contribution in [0.25, 0.3) is 0 Å². The second-order valence-corrected chi connectivity index (χ2v) is 8.07. The standard InChI is InChI=1S/C23H27FN2O4/c24-19-4-1-3-18(15-19)23(8-13-29-14-9-23)22(28)26-10-6-17(7-11-26)21(27)25-16-20-5-2-12-30-20/h1-5,12,15,17H,6-11,13-14,16H2,(H,25,27). The van der Waals surface area contributed by atoms with E-state index in [1.54, 1.807) is 18.4 Å². The van der Waals surface area contributed by atoms with Crippen molar-refractivity contribution in [1.29, 1.82) is 0 Å². The van der Waals surface area contributed by atoms with Gasteiger partial charge in [-0.3, -0.25) is 9.59 Å². The summed E-state index contributed by atoms with van der Waals surface area (Å²) in [5.41, 5.74) is -0.0385. The molecule has 2 aliphatic rings. The predicted octanol–water partition coefficient (Wildman–Crippen LogP) is 3.02. The van der Waals surface area contributed by atoms with E-state index in [0.29, 0.717) is 69.9 Å². The molecule has 2 aliphatic heterocycles. The Morgan fingerprint density at radius 1 is 1.13 bits per heavy atom. The normalized spacial score (nSPS) is 19.4. The molecule has 1 N–H and O–H groups in total. The van der Waals surface area contributed by atoms with Gasteiger partial charge in [-0.1, -0.05) is 12.1 Å². The first-order valence-corrected chi connectivity index (χ1v) is 10.5. The van der Waals surface area contributed by atoms with Crippen LogP contribution in [0.3, 0.4) is 0 Å². The molecule has 0 bridgehead atoms. The Hall–Kier alpha value is -2.67. The second kappa shape index (κ2) is 9.00. The SMILES string of the molecule is O=C(NCc1ccco1)C1CCN(C(=O)C2(c3cccc(F)c3)CCOCC2)CC1. The van der Waals surface area contributed by atoms with E-state index in [-0.39, 0.29) is 23.5 Å². The monoisotopic (exact) mass is 414 g/mol. The molecule has 2 aromatic rings. The topological polar surface area (TPSA) is 71.8 Å². The number of ether oxygens (including phenoxy) is 1. The minimum atomic E-state index is -0.755. The molecule has 160 valence electrons. The summed E-state index contributed by atoms with van der Waals surface area (Å²) in [6, 6.07) is 9.97. The fourth-order valence-corrected chi connectivity index (χ4v) is 4.51. The zero-order valence-electron chi connectivity index (χ0n) is 16.9. The summed E-state index contributed by atoms with van der Waals surface area (Å²) in [7, 11) is 0. The first-order chi connectivity index (χ1) is 14.6. The molecule has 2 saturated heterocycles. The molecule has 0 spiro atoms. The van der Waals surface area contributed by atoms with E-state index in [1.165, 1.54) is 12.1 Å². The van der Waals surface area contributed by atoms with Crippen molar-refractivity contribution in [2.24, 2.45) is 5.92 Å². The van der Waals surface area contributed by atoms with Crippen LogP contribution in [0, 0.1) is 11.7 Å². The summed E-state index contributed by atoms with van der Waals surface area (Å²) in [6.45, 7) is 2.38. The van der Waals surface area contributed by atoms with Crippen LogP contribution in [0.15, 0.2) is 47.1 Å². The summed E-state index contributed by atoms with van der Waals surface area (Å²) in [4.78, 5) is 27.9. The van der Waals surface area contributed by atoms with E-state index in [1.807, 2.05) is 17.0 Å². The van der Waals surface area contributed by atoms with Gasteiger partial charge in [-0.15, -0.1) is 0 Å². The summed E-state index contributed by atoms with van der Waals surface area (Å²) in [6.07, 6.45) is 3.89. The number of halogens is 1. The lowest BCUT2D eigenvalue weighted by atomic mass is 9.72. The number of nitrogens with zero attached hydrogens (tertiary/aromatic N) is 1. The highest BCUT2D eigenvalue weighted by Gasteiger charge is 2.45. The summed E-state index contributed by atoms with van der Waals surface area (Å²) in [5.74, 6) is 0.268. The number of amides is 2. The van der Waals surface area contributed by atoms with E-state index in [9.17, 15) is 14.0 Å². The molecule has 1 aromatic heterocycles. The molecular weight excluding hydrogens is 387 g/mol. The summed E-state index contributed by atoms with van der Waals surface area (Å²) >= 11 is 0. The van der Waals surface area contributed by atoms with Gasteiger partial charge in [0.2, 0.25) is 11.8 Å². The van der Waals surface area contributed by atoms with Crippen molar-refractivity contribution in [3.8, 4) is 0 Å². The number of hydrogen-bond acceptors (Lipinski definition) is 4. The van der Waals surface area contributed by atoms with E-state index < -0.39 is 5.41 Å². The Kier molecular flexibility index (Phi) is 6.18. The van der Waals surface area contributed by atoms with Gasteiger partial charge in [0.25, 0.3) is 0 Å². The maximum Gasteiger partial charge on any atom is 0.233 e. The Morgan fingerprint density at radius 2 is 1.90 bits per heavy atom. The average Bonchev–Trinajstić information content (AvgIpc) is 3.31. The van der Waals surface area contributed by atoms with Gasteiger partial charge in [0, 0.05) is 32.2 Å². The minimum absolute atomic E-state index is 0.00981. The molecule has 4 rings (SSSR count). The number of piperidine rings is 1. The van der Waals surface area contributed by atoms with Crippen LogP contribution in [0.4, 0.5) is 4.39 Å². The van der Waals surface area contributed by atoms with E-state index in [2.05, 4.69) is 5.32 Å². The molecule has 0 aliphatic carbocycles.